The van der Waals surface area contributed by atoms with Gasteiger partial charge in [0.1, 0.15) is 18.2 Å². The number of likely N-dealkylation sites (tertiary alicyclic amines) is 2. The molecule has 212 valence electrons. The number of pyridine rings is 1. The Bertz CT molecular complexity index is 1530. The maximum Gasteiger partial charge on any atom is 0.169 e. The molecule has 2 saturated heterocycles. The van der Waals surface area contributed by atoms with E-state index in [0.29, 0.717) is 57.5 Å². The van der Waals surface area contributed by atoms with E-state index >= 15 is 4.39 Å². The minimum Gasteiger partial charge on any atom is -0.506 e. The highest BCUT2D eigenvalue weighted by molar-refractivity contribution is 6.32. The van der Waals surface area contributed by atoms with Gasteiger partial charge in [-0.3, -0.25) is 10.00 Å². The predicted molar refractivity (Wildman–Crippen MR) is 155 cm³/mol. The Labute approximate surface area is 238 Å². The summed E-state index contributed by atoms with van der Waals surface area (Å²) in [5.74, 6) is 0.238. The van der Waals surface area contributed by atoms with E-state index in [1.165, 1.54) is 57.3 Å². The van der Waals surface area contributed by atoms with Gasteiger partial charge in [0.2, 0.25) is 0 Å². The molecule has 2 N–H and O–H groups in total. The molecule has 0 saturated carbocycles. The Hall–Kier alpha value is -3.14. The lowest BCUT2D eigenvalue weighted by Gasteiger charge is -2.40. The van der Waals surface area contributed by atoms with Crippen molar-refractivity contribution in [1.29, 1.82) is 0 Å². The minimum atomic E-state index is -0.484. The van der Waals surface area contributed by atoms with Gasteiger partial charge in [-0.05, 0) is 77.0 Å². The normalized spacial score (nSPS) is 17.6. The molecule has 8 nitrogen and oxygen atoms in total. The monoisotopic (exact) mass is 567 g/mol. The van der Waals surface area contributed by atoms with Gasteiger partial charge in [-0.1, -0.05) is 18.0 Å². The molecule has 2 aliphatic heterocycles. The molecule has 10 heteroatoms. The molecule has 0 spiro atoms. The summed E-state index contributed by atoms with van der Waals surface area (Å²) >= 11 is 6.19. The van der Waals surface area contributed by atoms with Crippen molar-refractivity contribution >= 4 is 33.4 Å². The number of rotatable bonds is 7. The number of hydrogen-bond acceptors (Lipinski definition) is 7. The van der Waals surface area contributed by atoms with Crippen LogP contribution in [-0.4, -0.2) is 82.6 Å². The summed E-state index contributed by atoms with van der Waals surface area (Å²) in [5, 5.41) is 18.8. The average molecular weight is 568 g/mol. The molecule has 4 aromatic rings. The maximum atomic E-state index is 16.0. The maximum absolute atomic E-state index is 16.0. The zero-order valence-electron chi connectivity index (χ0n) is 23.0. The fourth-order valence-corrected chi connectivity index (χ4v) is 6.48. The van der Waals surface area contributed by atoms with Gasteiger partial charge in [-0.15, -0.1) is 0 Å². The number of aromatic amines is 1. The largest absolute Gasteiger partial charge is 0.506 e. The second-order valence-corrected chi connectivity index (χ2v) is 11.2. The summed E-state index contributed by atoms with van der Waals surface area (Å²) in [7, 11) is 1.56. The summed E-state index contributed by atoms with van der Waals surface area (Å²) in [6, 6.07) is 6.76. The van der Waals surface area contributed by atoms with Crippen molar-refractivity contribution in [2.75, 3.05) is 46.4 Å². The molecule has 4 heterocycles. The molecule has 2 aromatic heterocycles. The van der Waals surface area contributed by atoms with Crippen LogP contribution in [0.25, 0.3) is 33.1 Å². The van der Waals surface area contributed by atoms with Gasteiger partial charge >= 0.3 is 0 Å². The number of methoxy groups -OCH3 is 1. The quantitative estimate of drug-likeness (QED) is 0.286. The van der Waals surface area contributed by atoms with Gasteiger partial charge in [0.15, 0.2) is 17.1 Å². The average Bonchev–Trinajstić information content (AvgIpc) is 3.35. The number of nitrogens with one attached hydrogen (secondary N) is 1. The molecule has 2 aromatic carbocycles. The first-order valence-electron chi connectivity index (χ1n) is 14.1. The number of phenols is 1. The Morgan fingerprint density at radius 2 is 1.85 bits per heavy atom. The molecule has 0 bridgehead atoms. The lowest BCUT2D eigenvalue weighted by atomic mass is 9.99. The third-order valence-corrected chi connectivity index (χ3v) is 8.69. The predicted octanol–water partition coefficient (Wildman–Crippen LogP) is 5.92. The highest BCUT2D eigenvalue weighted by atomic mass is 35.5. The van der Waals surface area contributed by atoms with Crippen molar-refractivity contribution in [2.45, 2.75) is 45.1 Å². The van der Waals surface area contributed by atoms with Crippen molar-refractivity contribution in [1.82, 2.24) is 25.0 Å². The molecule has 40 heavy (non-hydrogen) atoms. The Morgan fingerprint density at radius 3 is 2.58 bits per heavy atom. The molecular weight excluding hydrogens is 533 g/mol. The van der Waals surface area contributed by atoms with Crippen LogP contribution >= 0.6 is 11.6 Å². The Balaban J connectivity index is 1.27. The molecule has 0 unspecified atom stereocenters. The van der Waals surface area contributed by atoms with Gasteiger partial charge in [-0.2, -0.15) is 5.10 Å². The van der Waals surface area contributed by atoms with Crippen LogP contribution in [0.4, 0.5) is 4.39 Å². The summed E-state index contributed by atoms with van der Waals surface area (Å²) in [4.78, 5) is 9.79. The van der Waals surface area contributed by atoms with Crippen LogP contribution in [0.3, 0.4) is 0 Å². The smallest absolute Gasteiger partial charge is 0.169 e. The van der Waals surface area contributed by atoms with Crippen LogP contribution < -0.4 is 9.47 Å². The number of fused-ring (bicyclic) bond motifs is 3. The van der Waals surface area contributed by atoms with Crippen molar-refractivity contribution in [3.8, 4) is 28.5 Å². The zero-order chi connectivity index (χ0) is 27.8. The van der Waals surface area contributed by atoms with Crippen LogP contribution in [0, 0.1) is 12.7 Å². The van der Waals surface area contributed by atoms with Crippen molar-refractivity contribution in [3.63, 3.8) is 0 Å². The molecule has 6 rings (SSSR count). The topological polar surface area (TPSA) is 86.7 Å². The van der Waals surface area contributed by atoms with Crippen LogP contribution in [-0.2, 0) is 0 Å². The molecule has 0 amide bonds. The number of aromatic hydroxyl groups is 1. The van der Waals surface area contributed by atoms with Crippen molar-refractivity contribution in [3.05, 3.63) is 40.8 Å². The van der Waals surface area contributed by atoms with Gasteiger partial charge in [0, 0.05) is 35.0 Å². The highest BCUT2D eigenvalue weighted by Crippen LogP contribution is 2.45. The lowest BCUT2D eigenvalue weighted by molar-refractivity contribution is 0.0855. The van der Waals surface area contributed by atoms with Gasteiger partial charge in [-0.25, -0.2) is 9.37 Å². The lowest BCUT2D eigenvalue weighted by Crippen LogP contribution is -2.47. The number of halogens is 2. The van der Waals surface area contributed by atoms with Crippen LogP contribution in [0.2, 0.25) is 5.02 Å². The molecule has 2 aliphatic rings. The molecule has 2 fully saturated rings. The van der Waals surface area contributed by atoms with Crippen LogP contribution in [0.15, 0.2) is 24.3 Å². The third kappa shape index (κ3) is 5.06. The first-order chi connectivity index (χ1) is 19.4. The SMILES string of the molecule is COc1c(OCCN2CCC(N3CCCCC3)CC2)cc(F)c2c(-c3ccc(O)c(Cl)c3)nc3[nH]nc(C)c3c12. The number of aromatic nitrogens is 3. The number of H-pyrrole nitrogens is 1. The summed E-state index contributed by atoms with van der Waals surface area (Å²) in [5.41, 5.74) is 2.10. The van der Waals surface area contributed by atoms with E-state index in [1.807, 2.05) is 6.92 Å². The number of aryl methyl sites for hydroxylation is 1. The number of hydrogen-bond donors (Lipinski definition) is 2. The van der Waals surface area contributed by atoms with E-state index in [-0.39, 0.29) is 16.2 Å². The summed E-state index contributed by atoms with van der Waals surface area (Å²) < 4.78 is 28.0. The van der Waals surface area contributed by atoms with Gasteiger partial charge in [0.25, 0.3) is 0 Å². The van der Waals surface area contributed by atoms with E-state index in [4.69, 9.17) is 21.1 Å². The Morgan fingerprint density at radius 1 is 1.07 bits per heavy atom. The third-order valence-electron chi connectivity index (χ3n) is 8.39. The second kappa shape index (κ2) is 11.4. The van der Waals surface area contributed by atoms with Crippen molar-refractivity contribution in [2.24, 2.45) is 0 Å². The van der Waals surface area contributed by atoms with E-state index in [1.54, 1.807) is 19.2 Å². The first kappa shape index (κ1) is 27.1. The molecular formula is C30H35ClFN5O3. The number of phenolic OH excluding ortho intramolecular Hbond substituents is 1. The number of ether oxygens (including phenoxy) is 2. The standard InChI is InChI=1S/C30H35ClFN5O3/c1-18-25-27-26(28(33-30(25)35-34-18)19-6-7-23(38)21(31)16-19)22(32)17-24(29(27)39-2)40-15-14-36-12-8-20(9-13-36)37-10-4-3-5-11-37/h6-7,16-17,20,38H,3-5,8-15H2,1-2H3,(H,33,34,35). The summed E-state index contributed by atoms with van der Waals surface area (Å²) in [6.45, 7) is 7.61. The van der Waals surface area contributed by atoms with Crippen molar-refractivity contribution < 1.29 is 19.0 Å². The van der Waals surface area contributed by atoms with E-state index < -0.39 is 5.82 Å². The minimum absolute atomic E-state index is 0.0577. The first-order valence-corrected chi connectivity index (χ1v) is 14.5. The Kier molecular flexibility index (Phi) is 7.70. The zero-order valence-corrected chi connectivity index (χ0v) is 23.7. The van der Waals surface area contributed by atoms with E-state index in [0.717, 1.165) is 19.6 Å². The molecule has 0 atom stereocenters. The fraction of sp³-hybridized carbons (Fsp3) is 0.467. The molecule has 0 aliphatic carbocycles. The number of nitrogens with zero attached hydrogens (tertiary/aromatic N) is 4. The summed E-state index contributed by atoms with van der Waals surface area (Å²) in [6.07, 6.45) is 6.37. The van der Waals surface area contributed by atoms with Crippen LogP contribution in [0.1, 0.15) is 37.8 Å². The van der Waals surface area contributed by atoms with Crippen LogP contribution in [0.5, 0.6) is 17.2 Å². The highest BCUT2D eigenvalue weighted by Gasteiger charge is 2.27. The van der Waals surface area contributed by atoms with E-state index in [9.17, 15) is 5.11 Å². The van der Waals surface area contributed by atoms with Gasteiger partial charge in [0.05, 0.1) is 28.9 Å². The number of benzene rings is 2. The van der Waals surface area contributed by atoms with E-state index in [2.05, 4.69) is 25.0 Å². The second-order valence-electron chi connectivity index (χ2n) is 10.8. The van der Waals surface area contributed by atoms with Gasteiger partial charge < -0.3 is 19.5 Å². The molecule has 0 radical (unpaired) electrons. The fourth-order valence-electron chi connectivity index (χ4n) is 6.30. The number of piperidine rings is 2.